The van der Waals surface area contributed by atoms with E-state index in [-0.39, 0.29) is 0 Å². The van der Waals surface area contributed by atoms with E-state index in [9.17, 15) is 4.57 Å². The third-order valence-corrected chi connectivity index (χ3v) is 9.47. The highest BCUT2D eigenvalue weighted by atomic mass is 35.5. The average Bonchev–Trinajstić information content (AvgIpc) is 3.37. The third kappa shape index (κ3) is 3.12. The molecule has 0 unspecified atom stereocenters. The standard InChI is InChI=1S/C27H26ClN2O3P/c1-29-17-23(21-12-5-7-14-25(21)29)27(34(31,32-3)33-4,19-10-9-11-20(28)16-19)24-18-30(2)26-15-8-6-13-22(24)26/h5-18H,1-4H3. The molecule has 5 aromatic rings. The van der Waals surface area contributed by atoms with Crippen LogP contribution in [-0.2, 0) is 32.9 Å². The Morgan fingerprint density at radius 1 is 0.765 bits per heavy atom. The SMILES string of the molecule is COP(=O)(OC)C(c1cccc(Cl)c1)(c1cn(C)c2ccccc12)c1cn(C)c2ccccc12. The molecule has 0 saturated carbocycles. The number of halogens is 1. The Bertz CT molecular complexity index is 1480. The van der Waals surface area contributed by atoms with Gasteiger partial charge in [-0.05, 0) is 29.8 Å². The Hall–Kier alpha value is -2.82. The van der Waals surface area contributed by atoms with E-state index in [1.165, 1.54) is 14.2 Å². The van der Waals surface area contributed by atoms with Crippen LogP contribution in [0.5, 0.6) is 0 Å². The van der Waals surface area contributed by atoms with Crippen LogP contribution in [0.1, 0.15) is 16.7 Å². The summed E-state index contributed by atoms with van der Waals surface area (Å²) in [6.45, 7) is 0. The highest BCUT2D eigenvalue weighted by Gasteiger charge is 2.57. The number of benzene rings is 3. The fourth-order valence-electron chi connectivity index (χ4n) is 5.23. The summed E-state index contributed by atoms with van der Waals surface area (Å²) >= 11 is 6.53. The van der Waals surface area contributed by atoms with Crippen molar-refractivity contribution >= 4 is 41.0 Å². The zero-order valence-electron chi connectivity index (χ0n) is 19.5. The van der Waals surface area contributed by atoms with Gasteiger partial charge in [0.1, 0.15) is 0 Å². The number of nitrogens with zero attached hydrogens (tertiary/aromatic N) is 2. The van der Waals surface area contributed by atoms with Crippen LogP contribution in [0, 0.1) is 0 Å². The van der Waals surface area contributed by atoms with Gasteiger partial charge in [-0.25, -0.2) is 0 Å². The maximum Gasteiger partial charge on any atom is 0.349 e. The number of fused-ring (bicyclic) bond motifs is 2. The molecule has 0 radical (unpaired) electrons. The maximum atomic E-state index is 14.9. The summed E-state index contributed by atoms with van der Waals surface area (Å²) in [6.07, 6.45) is 4.05. The minimum absolute atomic E-state index is 0.543. The predicted octanol–water partition coefficient (Wildman–Crippen LogP) is 7.10. The quantitative estimate of drug-likeness (QED) is 0.237. The molecule has 7 heteroatoms. The van der Waals surface area contributed by atoms with Crippen LogP contribution in [0.25, 0.3) is 21.8 Å². The summed E-state index contributed by atoms with van der Waals surface area (Å²) in [6, 6.07) is 23.7. The van der Waals surface area contributed by atoms with E-state index in [0.29, 0.717) is 5.02 Å². The molecule has 174 valence electrons. The van der Waals surface area contributed by atoms with E-state index in [0.717, 1.165) is 38.5 Å². The van der Waals surface area contributed by atoms with E-state index in [1.807, 2.05) is 96.3 Å². The molecule has 0 aliphatic carbocycles. The maximum absolute atomic E-state index is 14.9. The lowest BCUT2D eigenvalue weighted by molar-refractivity contribution is 0.259. The molecule has 0 N–H and O–H groups in total. The van der Waals surface area contributed by atoms with Gasteiger partial charge in [-0.1, -0.05) is 60.1 Å². The van der Waals surface area contributed by atoms with E-state index in [4.69, 9.17) is 20.6 Å². The monoisotopic (exact) mass is 492 g/mol. The van der Waals surface area contributed by atoms with Gasteiger partial charge in [-0.3, -0.25) is 4.57 Å². The van der Waals surface area contributed by atoms with Gasteiger partial charge in [0.25, 0.3) is 0 Å². The first-order chi connectivity index (χ1) is 16.4. The Kier molecular flexibility index (Phi) is 5.70. The van der Waals surface area contributed by atoms with Crippen LogP contribution in [-0.4, -0.2) is 23.4 Å². The van der Waals surface area contributed by atoms with Gasteiger partial charge in [0, 0.05) is 78.7 Å². The molecule has 0 bridgehead atoms. The normalized spacial score (nSPS) is 12.6. The Morgan fingerprint density at radius 2 is 1.26 bits per heavy atom. The van der Waals surface area contributed by atoms with Gasteiger partial charge in [0.05, 0.1) is 0 Å². The summed E-state index contributed by atoms with van der Waals surface area (Å²) in [4.78, 5) is 0. The van der Waals surface area contributed by atoms with Gasteiger partial charge < -0.3 is 18.2 Å². The number of aryl methyl sites for hydroxylation is 2. The number of hydrogen-bond acceptors (Lipinski definition) is 3. The molecule has 5 rings (SSSR count). The number of aromatic nitrogens is 2. The van der Waals surface area contributed by atoms with Crippen LogP contribution in [0.4, 0.5) is 0 Å². The van der Waals surface area contributed by atoms with Crippen LogP contribution < -0.4 is 0 Å². The predicted molar refractivity (Wildman–Crippen MR) is 139 cm³/mol. The van der Waals surface area contributed by atoms with Crippen LogP contribution in [0.15, 0.2) is 85.2 Å². The summed E-state index contributed by atoms with van der Waals surface area (Å²) in [7, 11) is 2.99. The molecule has 34 heavy (non-hydrogen) atoms. The first-order valence-electron chi connectivity index (χ1n) is 10.9. The van der Waals surface area contributed by atoms with Crippen molar-refractivity contribution in [2.45, 2.75) is 5.16 Å². The summed E-state index contributed by atoms with van der Waals surface area (Å²) in [5.74, 6) is 0. The molecular weight excluding hydrogens is 467 g/mol. The van der Waals surface area contributed by atoms with Crippen LogP contribution in [0.3, 0.4) is 0 Å². The molecule has 0 saturated heterocycles. The van der Waals surface area contributed by atoms with Crippen molar-refractivity contribution in [3.05, 3.63) is 107 Å². The molecule has 0 atom stereocenters. The first-order valence-corrected chi connectivity index (χ1v) is 12.9. The van der Waals surface area contributed by atoms with E-state index in [1.54, 1.807) is 0 Å². The zero-order chi connectivity index (χ0) is 24.1. The summed E-state index contributed by atoms with van der Waals surface area (Å²) in [5.41, 5.74) is 4.43. The van der Waals surface area contributed by atoms with Crippen molar-refractivity contribution in [3.63, 3.8) is 0 Å². The van der Waals surface area contributed by atoms with Gasteiger partial charge in [0.2, 0.25) is 0 Å². The van der Waals surface area contributed by atoms with Crippen molar-refractivity contribution in [1.29, 1.82) is 0 Å². The number of hydrogen-bond donors (Lipinski definition) is 0. The first kappa shape index (κ1) is 22.9. The third-order valence-electron chi connectivity index (χ3n) is 6.71. The van der Waals surface area contributed by atoms with Crippen LogP contribution in [0.2, 0.25) is 5.02 Å². The van der Waals surface area contributed by atoms with E-state index < -0.39 is 12.8 Å². The summed E-state index contributed by atoms with van der Waals surface area (Å²) in [5, 5.41) is 1.18. The Balaban J connectivity index is 2.08. The van der Waals surface area contributed by atoms with E-state index >= 15 is 0 Å². The van der Waals surface area contributed by atoms with Gasteiger partial charge in [-0.15, -0.1) is 0 Å². The summed E-state index contributed by atoms with van der Waals surface area (Å²) < 4.78 is 30.7. The molecule has 2 heterocycles. The Morgan fingerprint density at radius 3 is 1.74 bits per heavy atom. The second-order valence-corrected chi connectivity index (χ2v) is 11.3. The lowest BCUT2D eigenvalue weighted by atomic mass is 9.83. The second-order valence-electron chi connectivity index (χ2n) is 8.43. The van der Waals surface area contributed by atoms with Crippen molar-refractivity contribution in [2.24, 2.45) is 14.1 Å². The molecule has 2 aromatic heterocycles. The molecule has 0 amide bonds. The van der Waals surface area contributed by atoms with Crippen molar-refractivity contribution < 1.29 is 13.6 Å². The van der Waals surface area contributed by atoms with Crippen molar-refractivity contribution in [2.75, 3.05) is 14.2 Å². The lowest BCUT2D eigenvalue weighted by Gasteiger charge is -2.38. The minimum Gasteiger partial charge on any atom is -0.350 e. The van der Waals surface area contributed by atoms with Crippen molar-refractivity contribution in [1.82, 2.24) is 9.13 Å². The molecule has 5 nitrogen and oxygen atoms in total. The minimum atomic E-state index is -3.88. The smallest absolute Gasteiger partial charge is 0.349 e. The lowest BCUT2D eigenvalue weighted by Crippen LogP contribution is -2.31. The average molecular weight is 493 g/mol. The molecule has 3 aromatic carbocycles. The second kappa shape index (κ2) is 8.44. The molecule has 0 fully saturated rings. The van der Waals surface area contributed by atoms with E-state index in [2.05, 4.69) is 12.1 Å². The molecule has 0 spiro atoms. The molecular formula is C27H26ClN2O3P. The largest absolute Gasteiger partial charge is 0.350 e. The Labute approximate surface area is 204 Å². The van der Waals surface area contributed by atoms with Crippen molar-refractivity contribution in [3.8, 4) is 0 Å². The molecule has 0 aliphatic rings. The zero-order valence-corrected chi connectivity index (χ0v) is 21.2. The van der Waals surface area contributed by atoms with Gasteiger partial charge >= 0.3 is 7.60 Å². The number of rotatable bonds is 6. The highest BCUT2D eigenvalue weighted by molar-refractivity contribution is 7.55. The highest BCUT2D eigenvalue weighted by Crippen LogP contribution is 2.71. The fourth-order valence-corrected chi connectivity index (χ4v) is 7.52. The topological polar surface area (TPSA) is 45.4 Å². The van der Waals surface area contributed by atoms with Gasteiger partial charge in [-0.2, -0.15) is 0 Å². The molecule has 0 aliphatic heterocycles. The van der Waals surface area contributed by atoms with Crippen LogP contribution >= 0.6 is 19.2 Å². The van der Waals surface area contributed by atoms with Gasteiger partial charge in [0.15, 0.2) is 5.16 Å². The number of para-hydroxylation sites is 2. The fraction of sp³-hybridized carbons (Fsp3) is 0.185.